The highest BCUT2D eigenvalue weighted by Crippen LogP contribution is 2.66. The van der Waals surface area contributed by atoms with Gasteiger partial charge in [-0.2, -0.15) is 0 Å². The van der Waals surface area contributed by atoms with E-state index in [-0.39, 0.29) is 11.1 Å². The van der Waals surface area contributed by atoms with Crippen molar-refractivity contribution in [3.8, 4) is 5.75 Å². The van der Waals surface area contributed by atoms with Gasteiger partial charge in [-0.1, -0.05) is 6.07 Å². The molecule has 4 heteroatoms. The number of likely N-dealkylation sites (tertiary alicyclic amines) is 1. The van der Waals surface area contributed by atoms with E-state index in [1.165, 1.54) is 45.2 Å². The van der Waals surface area contributed by atoms with Crippen molar-refractivity contribution < 1.29 is 9.47 Å². The average molecular weight is 369 g/mol. The minimum Gasteiger partial charge on any atom is -0.497 e. The average Bonchev–Trinajstić information content (AvgIpc) is 3.33. The van der Waals surface area contributed by atoms with Crippen LogP contribution in [0.4, 0.5) is 0 Å². The number of ether oxygens (including phenoxy) is 2. The summed E-state index contributed by atoms with van der Waals surface area (Å²) in [6, 6.07) is 6.84. The summed E-state index contributed by atoms with van der Waals surface area (Å²) in [5, 5.41) is 3.49. The second-order valence-electron chi connectivity index (χ2n) is 9.74. The first-order chi connectivity index (χ1) is 13.2. The quantitative estimate of drug-likeness (QED) is 0.866. The third kappa shape index (κ3) is 2.15. The van der Waals surface area contributed by atoms with Crippen LogP contribution in [0.3, 0.4) is 0 Å². The maximum atomic E-state index is 6.94. The highest BCUT2D eigenvalue weighted by molar-refractivity contribution is 5.46. The third-order valence-electron chi connectivity index (χ3n) is 8.45. The van der Waals surface area contributed by atoms with Gasteiger partial charge in [-0.15, -0.1) is 0 Å². The van der Waals surface area contributed by atoms with Gasteiger partial charge in [-0.3, -0.25) is 4.90 Å². The number of nitrogens with one attached hydrogen (secondary N) is 1. The molecule has 2 aliphatic carbocycles. The molecule has 3 heterocycles. The van der Waals surface area contributed by atoms with Gasteiger partial charge >= 0.3 is 0 Å². The van der Waals surface area contributed by atoms with E-state index in [9.17, 15) is 0 Å². The number of piperidine rings is 1. The summed E-state index contributed by atoms with van der Waals surface area (Å²) in [4.78, 5) is 2.90. The molecule has 1 saturated carbocycles. The van der Waals surface area contributed by atoms with E-state index in [2.05, 4.69) is 35.5 Å². The Morgan fingerprint density at radius 2 is 2.15 bits per heavy atom. The molecule has 3 aliphatic heterocycles. The van der Waals surface area contributed by atoms with Gasteiger partial charge in [-0.25, -0.2) is 0 Å². The van der Waals surface area contributed by atoms with E-state index in [1.54, 1.807) is 18.2 Å². The lowest BCUT2D eigenvalue weighted by Crippen LogP contribution is -2.70. The third-order valence-corrected chi connectivity index (χ3v) is 8.45. The zero-order chi connectivity index (χ0) is 18.2. The van der Waals surface area contributed by atoms with Crippen LogP contribution in [0.2, 0.25) is 0 Å². The van der Waals surface area contributed by atoms with E-state index in [0.717, 1.165) is 24.6 Å². The molecule has 1 aromatic rings. The molecule has 0 spiro atoms. The standard InChI is InChI=1S/C23H32N2O2/c1-24-14-22-9-7-20(27-22)23-12-16-5-6-17(26-2)11-19(16)18(21(22)23)8-10-25(23)13-15-3-4-15/h5-6,11,15,18,20-21,24H,3-4,7-10,12-14H2,1-2H3/t18?,20?,21?,22-,23?/m0/s1. The molecule has 4 bridgehead atoms. The molecule has 4 unspecified atom stereocenters. The molecular formula is C23H32N2O2. The Morgan fingerprint density at radius 3 is 2.93 bits per heavy atom. The summed E-state index contributed by atoms with van der Waals surface area (Å²) in [5.41, 5.74) is 3.34. The minimum atomic E-state index is 0.0209. The van der Waals surface area contributed by atoms with Gasteiger partial charge < -0.3 is 14.8 Å². The largest absolute Gasteiger partial charge is 0.497 e. The Morgan fingerprint density at radius 1 is 1.26 bits per heavy atom. The van der Waals surface area contributed by atoms with Gasteiger partial charge in [0.15, 0.2) is 0 Å². The van der Waals surface area contributed by atoms with E-state index in [0.29, 0.717) is 17.9 Å². The van der Waals surface area contributed by atoms with Crippen molar-refractivity contribution in [1.29, 1.82) is 0 Å². The van der Waals surface area contributed by atoms with E-state index in [1.807, 2.05) is 0 Å². The molecule has 4 fully saturated rings. The van der Waals surface area contributed by atoms with Crippen LogP contribution in [0.1, 0.15) is 49.1 Å². The maximum Gasteiger partial charge on any atom is 0.119 e. The van der Waals surface area contributed by atoms with Crippen LogP contribution >= 0.6 is 0 Å². The Kier molecular flexibility index (Phi) is 3.56. The fourth-order valence-electron chi connectivity index (χ4n) is 7.39. The SMILES string of the molecule is CNC[C@]12CCC(O1)C13Cc4ccc(OC)cc4C(CCN1CC1CC1)C32. The number of rotatable bonds is 5. The number of benzene rings is 1. The van der Waals surface area contributed by atoms with Crippen LogP contribution in [-0.4, -0.2) is 55.9 Å². The van der Waals surface area contributed by atoms with E-state index in [4.69, 9.17) is 9.47 Å². The van der Waals surface area contributed by atoms with Crippen molar-refractivity contribution in [3.63, 3.8) is 0 Å². The van der Waals surface area contributed by atoms with Crippen molar-refractivity contribution in [2.24, 2.45) is 11.8 Å². The lowest BCUT2D eigenvalue weighted by atomic mass is 9.52. The lowest BCUT2D eigenvalue weighted by Gasteiger charge is -2.60. The van der Waals surface area contributed by atoms with Crippen LogP contribution in [-0.2, 0) is 11.2 Å². The van der Waals surface area contributed by atoms with Crippen LogP contribution in [0.15, 0.2) is 18.2 Å². The van der Waals surface area contributed by atoms with Gasteiger partial charge in [0, 0.05) is 19.0 Å². The number of hydrogen-bond acceptors (Lipinski definition) is 4. The van der Waals surface area contributed by atoms with Gasteiger partial charge in [0.05, 0.1) is 24.4 Å². The molecule has 0 amide bonds. The molecule has 1 N–H and O–H groups in total. The molecule has 1 aromatic carbocycles. The van der Waals surface area contributed by atoms with Gasteiger partial charge in [-0.05, 0) is 87.2 Å². The number of likely N-dealkylation sites (N-methyl/N-ethyl adjacent to an activating group) is 1. The van der Waals surface area contributed by atoms with Gasteiger partial charge in [0.2, 0.25) is 0 Å². The summed E-state index contributed by atoms with van der Waals surface area (Å²) in [5.74, 6) is 3.17. The number of methoxy groups -OCH3 is 1. The summed E-state index contributed by atoms with van der Waals surface area (Å²) >= 11 is 0. The summed E-state index contributed by atoms with van der Waals surface area (Å²) in [6.07, 6.45) is 8.16. The van der Waals surface area contributed by atoms with Crippen molar-refractivity contribution in [1.82, 2.24) is 10.2 Å². The zero-order valence-corrected chi connectivity index (χ0v) is 16.7. The molecule has 0 radical (unpaired) electrons. The number of hydrogen-bond donors (Lipinski definition) is 1. The van der Waals surface area contributed by atoms with Crippen molar-refractivity contribution in [2.75, 3.05) is 33.8 Å². The number of nitrogens with zero attached hydrogens (tertiary/aromatic N) is 1. The lowest BCUT2D eigenvalue weighted by molar-refractivity contribution is -0.0546. The normalized spacial score (nSPS) is 42.1. The smallest absolute Gasteiger partial charge is 0.119 e. The fourth-order valence-corrected chi connectivity index (χ4v) is 7.39. The molecule has 6 rings (SSSR count). The van der Waals surface area contributed by atoms with Crippen LogP contribution in [0.5, 0.6) is 5.75 Å². The first-order valence-electron chi connectivity index (χ1n) is 10.9. The van der Waals surface area contributed by atoms with E-state index >= 15 is 0 Å². The molecule has 3 saturated heterocycles. The molecular weight excluding hydrogens is 336 g/mol. The molecule has 4 nitrogen and oxygen atoms in total. The van der Waals surface area contributed by atoms with Crippen molar-refractivity contribution >= 4 is 0 Å². The number of fused-ring (bicyclic) bond motifs is 4. The fraction of sp³-hybridized carbons (Fsp3) is 0.739. The minimum absolute atomic E-state index is 0.0209. The van der Waals surface area contributed by atoms with Gasteiger partial charge in [0.25, 0.3) is 0 Å². The van der Waals surface area contributed by atoms with Crippen LogP contribution in [0.25, 0.3) is 0 Å². The van der Waals surface area contributed by atoms with Crippen molar-refractivity contribution in [3.05, 3.63) is 29.3 Å². The predicted octanol–water partition coefficient (Wildman–Crippen LogP) is 2.96. The van der Waals surface area contributed by atoms with Gasteiger partial charge in [0.1, 0.15) is 5.75 Å². The van der Waals surface area contributed by atoms with E-state index < -0.39 is 0 Å². The van der Waals surface area contributed by atoms with Crippen molar-refractivity contribution in [2.45, 2.75) is 61.7 Å². The monoisotopic (exact) mass is 368 g/mol. The second kappa shape index (κ2) is 5.71. The first kappa shape index (κ1) is 16.8. The maximum absolute atomic E-state index is 6.94. The summed E-state index contributed by atoms with van der Waals surface area (Å²) in [7, 11) is 3.88. The Labute approximate surface area is 162 Å². The van der Waals surface area contributed by atoms with Crippen LogP contribution in [0, 0.1) is 11.8 Å². The zero-order valence-electron chi connectivity index (χ0n) is 16.7. The molecule has 27 heavy (non-hydrogen) atoms. The molecule has 146 valence electrons. The summed E-state index contributed by atoms with van der Waals surface area (Å²) < 4.78 is 12.5. The summed E-state index contributed by atoms with van der Waals surface area (Å²) in [6.45, 7) is 3.52. The Bertz CT molecular complexity index is 763. The highest BCUT2D eigenvalue weighted by Gasteiger charge is 2.73. The molecule has 5 aliphatic rings. The first-order valence-corrected chi connectivity index (χ1v) is 10.9. The topological polar surface area (TPSA) is 33.7 Å². The Hall–Kier alpha value is -1.10. The highest BCUT2D eigenvalue weighted by atomic mass is 16.5. The molecule has 0 aromatic heterocycles. The Balaban J connectivity index is 1.50. The molecule has 5 atom stereocenters. The predicted molar refractivity (Wildman–Crippen MR) is 105 cm³/mol. The van der Waals surface area contributed by atoms with Crippen LogP contribution < -0.4 is 10.1 Å². The second-order valence-corrected chi connectivity index (χ2v) is 9.74.